The molecule has 0 bridgehead atoms. The van der Waals surface area contributed by atoms with Gasteiger partial charge in [-0.25, -0.2) is 4.79 Å². The zero-order chi connectivity index (χ0) is 21.9. The van der Waals surface area contributed by atoms with Crippen molar-refractivity contribution >= 4 is 29.1 Å². The van der Waals surface area contributed by atoms with Crippen LogP contribution in [0.4, 0.5) is 29.5 Å². The summed E-state index contributed by atoms with van der Waals surface area (Å²) in [6.45, 7) is 1.56. The van der Waals surface area contributed by atoms with Gasteiger partial charge in [-0.3, -0.25) is 0 Å². The van der Waals surface area contributed by atoms with Gasteiger partial charge >= 0.3 is 18.2 Å². The molecule has 1 aromatic heterocycles. The number of rotatable bonds is 4. The Balaban J connectivity index is 1.65. The van der Waals surface area contributed by atoms with E-state index in [9.17, 15) is 18.0 Å². The SMILES string of the molecule is COc1cc(N2CCN(C(=O)Nc3cc(C(F)(F)F)ccc3Cl)CC2)nc(OC)n1. The van der Waals surface area contributed by atoms with Gasteiger partial charge in [-0.15, -0.1) is 0 Å². The standard InChI is InChI=1S/C18H19ClF3N5O3/c1-29-15-10-14(24-16(25-15)30-2)26-5-7-27(8-6-26)17(28)23-13-9-11(18(20,21)22)3-4-12(13)19/h3-4,9-10H,5-8H2,1-2H3,(H,23,28). The number of halogens is 4. The van der Waals surface area contributed by atoms with E-state index in [-0.39, 0.29) is 16.7 Å². The Morgan fingerprint density at radius 1 is 1.10 bits per heavy atom. The number of nitrogens with one attached hydrogen (secondary N) is 1. The van der Waals surface area contributed by atoms with Crippen molar-refractivity contribution in [1.82, 2.24) is 14.9 Å². The van der Waals surface area contributed by atoms with Crippen LogP contribution in [0.5, 0.6) is 11.9 Å². The van der Waals surface area contributed by atoms with Crippen molar-refractivity contribution in [3.8, 4) is 11.9 Å². The average molecular weight is 446 g/mol. The molecule has 1 aliphatic heterocycles. The molecule has 2 heterocycles. The number of carbonyl (C=O) groups excluding carboxylic acids is 1. The van der Waals surface area contributed by atoms with Gasteiger partial charge in [-0.1, -0.05) is 11.6 Å². The minimum atomic E-state index is -4.53. The molecule has 0 unspecified atom stereocenters. The highest BCUT2D eigenvalue weighted by Crippen LogP contribution is 2.34. The summed E-state index contributed by atoms with van der Waals surface area (Å²) in [5.74, 6) is 0.927. The molecule has 0 spiro atoms. The number of nitrogens with zero attached hydrogens (tertiary/aromatic N) is 4. The number of alkyl halides is 3. The molecule has 162 valence electrons. The topological polar surface area (TPSA) is 79.8 Å². The second kappa shape index (κ2) is 8.82. The summed E-state index contributed by atoms with van der Waals surface area (Å²) in [6, 6.07) is 4.06. The number of amides is 2. The highest BCUT2D eigenvalue weighted by atomic mass is 35.5. The van der Waals surface area contributed by atoms with E-state index in [0.717, 1.165) is 18.2 Å². The van der Waals surface area contributed by atoms with Crippen LogP contribution in [-0.2, 0) is 6.18 Å². The first-order valence-electron chi connectivity index (χ1n) is 8.86. The van der Waals surface area contributed by atoms with E-state index in [1.165, 1.54) is 19.1 Å². The van der Waals surface area contributed by atoms with E-state index in [4.69, 9.17) is 21.1 Å². The quantitative estimate of drug-likeness (QED) is 0.775. The lowest BCUT2D eigenvalue weighted by Crippen LogP contribution is -2.50. The highest BCUT2D eigenvalue weighted by molar-refractivity contribution is 6.33. The third-order valence-corrected chi connectivity index (χ3v) is 4.82. The molecule has 1 saturated heterocycles. The average Bonchev–Trinajstić information content (AvgIpc) is 2.74. The lowest BCUT2D eigenvalue weighted by atomic mass is 10.2. The molecule has 0 saturated carbocycles. The van der Waals surface area contributed by atoms with Crippen LogP contribution in [0.25, 0.3) is 0 Å². The van der Waals surface area contributed by atoms with E-state index in [1.807, 2.05) is 4.90 Å². The van der Waals surface area contributed by atoms with Crippen LogP contribution in [0.15, 0.2) is 24.3 Å². The van der Waals surface area contributed by atoms with Crippen LogP contribution in [-0.4, -0.2) is 61.3 Å². The summed E-state index contributed by atoms with van der Waals surface area (Å²) >= 11 is 5.94. The summed E-state index contributed by atoms with van der Waals surface area (Å²) in [5.41, 5.74) is -0.983. The highest BCUT2D eigenvalue weighted by Gasteiger charge is 2.31. The van der Waals surface area contributed by atoms with Crippen molar-refractivity contribution in [3.05, 3.63) is 34.9 Å². The third-order valence-electron chi connectivity index (χ3n) is 4.49. The molecule has 0 atom stereocenters. The molecule has 0 aliphatic carbocycles. The molecule has 2 amide bonds. The van der Waals surface area contributed by atoms with Gasteiger partial charge in [0.1, 0.15) is 5.82 Å². The molecule has 30 heavy (non-hydrogen) atoms. The fourth-order valence-electron chi connectivity index (χ4n) is 2.88. The van der Waals surface area contributed by atoms with Crippen LogP contribution in [0.1, 0.15) is 5.56 Å². The molecule has 0 radical (unpaired) electrons. The van der Waals surface area contributed by atoms with E-state index in [1.54, 1.807) is 6.07 Å². The van der Waals surface area contributed by atoms with Crippen molar-refractivity contribution in [2.75, 3.05) is 50.6 Å². The van der Waals surface area contributed by atoms with Gasteiger partial charge in [0.2, 0.25) is 5.88 Å². The van der Waals surface area contributed by atoms with Crippen molar-refractivity contribution in [3.63, 3.8) is 0 Å². The summed E-state index contributed by atoms with van der Waals surface area (Å²) in [4.78, 5) is 24.2. The number of urea groups is 1. The van der Waals surface area contributed by atoms with Crippen LogP contribution < -0.4 is 19.7 Å². The third kappa shape index (κ3) is 4.96. The van der Waals surface area contributed by atoms with Crippen LogP contribution in [0.2, 0.25) is 5.02 Å². The first-order valence-corrected chi connectivity index (χ1v) is 9.23. The molecule has 1 fully saturated rings. The van der Waals surface area contributed by atoms with Crippen molar-refractivity contribution in [1.29, 1.82) is 0 Å². The van der Waals surface area contributed by atoms with Crippen molar-refractivity contribution < 1.29 is 27.4 Å². The van der Waals surface area contributed by atoms with E-state index < -0.39 is 17.8 Å². The summed E-state index contributed by atoms with van der Waals surface area (Å²) < 4.78 is 48.9. The fourth-order valence-corrected chi connectivity index (χ4v) is 3.05. The number of hydrogen-bond donors (Lipinski definition) is 1. The molecule has 3 rings (SSSR count). The number of ether oxygens (including phenoxy) is 2. The second-order valence-electron chi connectivity index (χ2n) is 6.35. The number of aromatic nitrogens is 2. The van der Waals surface area contributed by atoms with Gasteiger partial charge in [0.25, 0.3) is 0 Å². The van der Waals surface area contributed by atoms with Gasteiger partial charge in [0, 0.05) is 32.2 Å². The largest absolute Gasteiger partial charge is 0.481 e. The Morgan fingerprint density at radius 2 is 1.80 bits per heavy atom. The Morgan fingerprint density at radius 3 is 2.40 bits per heavy atom. The molecule has 2 aromatic rings. The summed E-state index contributed by atoms with van der Waals surface area (Å²) in [7, 11) is 2.92. The molecule has 1 N–H and O–H groups in total. The smallest absolute Gasteiger partial charge is 0.416 e. The minimum absolute atomic E-state index is 0.0233. The van der Waals surface area contributed by atoms with Gasteiger partial charge in [-0.2, -0.15) is 23.1 Å². The maximum atomic E-state index is 12.9. The zero-order valence-electron chi connectivity index (χ0n) is 16.2. The number of benzene rings is 1. The lowest BCUT2D eigenvalue weighted by Gasteiger charge is -2.35. The Bertz CT molecular complexity index is 898. The van der Waals surface area contributed by atoms with E-state index in [2.05, 4.69) is 15.3 Å². The number of piperazine rings is 1. The lowest BCUT2D eigenvalue weighted by molar-refractivity contribution is -0.137. The number of methoxy groups -OCH3 is 2. The van der Waals surface area contributed by atoms with Gasteiger partial charge in [0.15, 0.2) is 0 Å². The minimum Gasteiger partial charge on any atom is -0.481 e. The molecule has 8 nitrogen and oxygen atoms in total. The predicted molar refractivity (Wildman–Crippen MR) is 104 cm³/mol. The molecular weight excluding hydrogens is 427 g/mol. The first kappa shape index (κ1) is 21.8. The number of anilines is 2. The van der Waals surface area contributed by atoms with Crippen LogP contribution in [0, 0.1) is 0 Å². The second-order valence-corrected chi connectivity index (χ2v) is 6.76. The zero-order valence-corrected chi connectivity index (χ0v) is 16.9. The first-order chi connectivity index (χ1) is 14.2. The molecule has 12 heteroatoms. The predicted octanol–water partition coefficient (Wildman–Crippen LogP) is 3.52. The van der Waals surface area contributed by atoms with Crippen LogP contribution in [0.3, 0.4) is 0 Å². The maximum Gasteiger partial charge on any atom is 0.416 e. The molecule has 1 aromatic carbocycles. The van der Waals surface area contributed by atoms with Gasteiger partial charge < -0.3 is 24.6 Å². The maximum absolute atomic E-state index is 12.9. The Labute approximate surface area is 175 Å². The molecule has 1 aliphatic rings. The summed E-state index contributed by atoms with van der Waals surface area (Å²) in [6.07, 6.45) is -4.53. The normalized spacial score (nSPS) is 14.5. The Kier molecular flexibility index (Phi) is 6.40. The summed E-state index contributed by atoms with van der Waals surface area (Å²) in [5, 5.41) is 2.48. The van der Waals surface area contributed by atoms with Gasteiger partial charge in [0.05, 0.1) is 30.5 Å². The van der Waals surface area contributed by atoms with Gasteiger partial charge in [-0.05, 0) is 18.2 Å². The molecular formula is C18H19ClF3N5O3. The van der Waals surface area contributed by atoms with E-state index in [0.29, 0.717) is 37.9 Å². The van der Waals surface area contributed by atoms with Crippen molar-refractivity contribution in [2.24, 2.45) is 0 Å². The number of hydrogen-bond acceptors (Lipinski definition) is 6. The van der Waals surface area contributed by atoms with Crippen molar-refractivity contribution in [2.45, 2.75) is 6.18 Å². The monoisotopic (exact) mass is 445 g/mol. The number of carbonyl (C=O) groups is 1. The fraction of sp³-hybridized carbons (Fsp3) is 0.389. The Hall–Kier alpha value is -2.95. The van der Waals surface area contributed by atoms with Crippen LogP contribution >= 0.6 is 11.6 Å². The van der Waals surface area contributed by atoms with E-state index >= 15 is 0 Å².